The minimum absolute atomic E-state index is 0.0608. The highest BCUT2D eigenvalue weighted by molar-refractivity contribution is 6.18. The van der Waals surface area contributed by atoms with Gasteiger partial charge < -0.3 is 16.2 Å². The Morgan fingerprint density at radius 3 is 1.87 bits per heavy atom. The Hall–Kier alpha value is -2.24. The van der Waals surface area contributed by atoms with E-state index in [-0.39, 0.29) is 12.3 Å². The van der Waals surface area contributed by atoms with Crippen molar-refractivity contribution in [2.45, 2.75) is 52.4 Å². The fourth-order valence-corrected chi connectivity index (χ4v) is 2.75. The first-order valence-corrected chi connectivity index (χ1v) is 11.4. The van der Waals surface area contributed by atoms with Crippen molar-refractivity contribution in [2.75, 3.05) is 22.8 Å². The van der Waals surface area contributed by atoms with Gasteiger partial charge in [0.1, 0.15) is 0 Å². The van der Waals surface area contributed by atoms with Crippen LogP contribution < -0.4 is 11.1 Å². The van der Waals surface area contributed by atoms with Gasteiger partial charge in [-0.2, -0.15) is 0 Å². The summed E-state index contributed by atoms with van der Waals surface area (Å²) in [7, 11) is 0. The van der Waals surface area contributed by atoms with Gasteiger partial charge in [-0.3, -0.25) is 9.59 Å². The van der Waals surface area contributed by atoms with Crippen LogP contribution in [-0.4, -0.2) is 28.7 Å². The number of nitrogens with one attached hydrogen (secondary N) is 1. The molecule has 2 aromatic rings. The van der Waals surface area contributed by atoms with Crippen molar-refractivity contribution in [2.24, 2.45) is 0 Å². The van der Waals surface area contributed by atoms with Crippen LogP contribution in [0.15, 0.2) is 48.5 Å². The first kappa shape index (κ1) is 28.8. The summed E-state index contributed by atoms with van der Waals surface area (Å²) in [5.74, 6) is 0.506. The number of benzene rings is 2. The van der Waals surface area contributed by atoms with E-state index in [2.05, 4.69) is 5.32 Å². The van der Waals surface area contributed by atoms with Gasteiger partial charge in [-0.25, -0.2) is 0 Å². The zero-order valence-electron chi connectivity index (χ0n) is 18.4. The minimum Gasteiger partial charge on any atom is -0.481 e. The molecule has 0 radical (unpaired) electrons. The lowest BCUT2D eigenvalue weighted by atomic mass is 10.2. The summed E-state index contributed by atoms with van der Waals surface area (Å²) in [5, 5.41) is 11.0. The van der Waals surface area contributed by atoms with E-state index in [1.165, 1.54) is 5.56 Å². The average Bonchev–Trinajstić information content (AvgIpc) is 2.69. The van der Waals surface area contributed by atoms with Gasteiger partial charge in [-0.15, -0.1) is 23.2 Å². The molecule has 0 aliphatic heterocycles. The van der Waals surface area contributed by atoms with E-state index in [0.29, 0.717) is 24.6 Å². The molecular weight excluding hydrogens is 435 g/mol. The van der Waals surface area contributed by atoms with Crippen LogP contribution in [-0.2, 0) is 9.59 Å². The van der Waals surface area contributed by atoms with Gasteiger partial charge in [0.05, 0.1) is 0 Å². The standard InChI is InChI=1S/C12H16ClNO.C7H9N.C5H9ClO2/c1-10-5-4-6-11(9-10)14-12(15)7-2-3-8-13;1-6-3-2-4-7(8)5-6;6-4-2-1-3-5(7)8/h4-6,9H,2-3,7-8H2,1H3,(H,14,15);2-5H,8H2,1H3;1-4H2,(H,7,8). The number of aliphatic carboxylic acids is 1. The SMILES string of the molecule is Cc1cccc(N)c1.Cc1cccc(NC(=O)CCCCCl)c1.O=C(O)CCCCCl. The first-order chi connectivity index (χ1) is 14.8. The number of aryl methyl sites for hydroxylation is 2. The van der Waals surface area contributed by atoms with Crippen molar-refractivity contribution in [1.29, 1.82) is 0 Å². The smallest absolute Gasteiger partial charge is 0.303 e. The van der Waals surface area contributed by atoms with Crippen LogP contribution in [0.4, 0.5) is 11.4 Å². The number of anilines is 2. The number of alkyl halides is 2. The summed E-state index contributed by atoms with van der Waals surface area (Å²) in [4.78, 5) is 21.3. The molecule has 0 unspecified atom stereocenters. The Bertz CT molecular complexity index is 753. The lowest BCUT2D eigenvalue weighted by molar-refractivity contribution is -0.137. The summed E-state index contributed by atoms with van der Waals surface area (Å²) < 4.78 is 0. The number of unbranched alkanes of at least 4 members (excludes halogenated alkanes) is 2. The highest BCUT2D eigenvalue weighted by Crippen LogP contribution is 2.10. The third-order valence-corrected chi connectivity index (χ3v) is 4.44. The second kappa shape index (κ2) is 18.5. The molecule has 0 saturated carbocycles. The van der Waals surface area contributed by atoms with E-state index in [4.69, 9.17) is 34.0 Å². The molecule has 2 rings (SSSR count). The van der Waals surface area contributed by atoms with Crippen molar-refractivity contribution in [1.82, 2.24) is 0 Å². The van der Waals surface area contributed by atoms with Gasteiger partial charge in [0.15, 0.2) is 0 Å². The second-order valence-corrected chi connectivity index (χ2v) is 7.77. The molecule has 0 aromatic heterocycles. The topological polar surface area (TPSA) is 92.4 Å². The molecule has 0 aliphatic carbocycles. The normalized spacial score (nSPS) is 9.55. The Balaban J connectivity index is 0.000000477. The maximum atomic E-state index is 11.4. The predicted molar refractivity (Wildman–Crippen MR) is 132 cm³/mol. The molecular formula is C24H34Cl2N2O3. The zero-order chi connectivity index (χ0) is 23.5. The Kier molecular flexibility index (Phi) is 17.2. The Morgan fingerprint density at radius 1 is 0.871 bits per heavy atom. The maximum absolute atomic E-state index is 11.4. The van der Waals surface area contributed by atoms with Gasteiger partial charge in [0.25, 0.3) is 0 Å². The van der Waals surface area contributed by atoms with Crippen LogP contribution in [0.5, 0.6) is 0 Å². The fraction of sp³-hybridized carbons (Fsp3) is 0.417. The van der Waals surface area contributed by atoms with Crippen LogP contribution >= 0.6 is 23.2 Å². The molecule has 4 N–H and O–H groups in total. The van der Waals surface area contributed by atoms with Crippen LogP contribution in [0.3, 0.4) is 0 Å². The number of carboxylic acid groups (broad SMARTS) is 1. The zero-order valence-corrected chi connectivity index (χ0v) is 19.9. The van der Waals surface area contributed by atoms with Crippen LogP contribution in [0.2, 0.25) is 0 Å². The second-order valence-electron chi connectivity index (χ2n) is 7.02. The first-order valence-electron chi connectivity index (χ1n) is 10.3. The van der Waals surface area contributed by atoms with E-state index < -0.39 is 5.97 Å². The monoisotopic (exact) mass is 468 g/mol. The summed E-state index contributed by atoms with van der Waals surface area (Å²) in [6.45, 7) is 4.03. The van der Waals surface area contributed by atoms with Crippen LogP contribution in [0.1, 0.15) is 49.7 Å². The van der Waals surface area contributed by atoms with Crippen LogP contribution in [0.25, 0.3) is 0 Å². The molecule has 7 heteroatoms. The summed E-state index contributed by atoms with van der Waals surface area (Å²) in [6.07, 6.45) is 4.02. The quantitative estimate of drug-likeness (QED) is 0.225. The number of nitrogen functional groups attached to an aromatic ring is 1. The molecule has 0 aliphatic rings. The summed E-state index contributed by atoms with van der Waals surface area (Å²) >= 11 is 10.8. The number of hydrogen-bond donors (Lipinski definition) is 3. The summed E-state index contributed by atoms with van der Waals surface area (Å²) in [5.41, 5.74) is 9.52. The van der Waals surface area contributed by atoms with Crippen molar-refractivity contribution in [3.63, 3.8) is 0 Å². The van der Waals surface area contributed by atoms with Crippen LogP contribution in [0, 0.1) is 13.8 Å². The number of carbonyl (C=O) groups excluding carboxylic acids is 1. The molecule has 0 fully saturated rings. The van der Waals surface area contributed by atoms with E-state index in [1.54, 1.807) is 0 Å². The number of amides is 1. The van der Waals surface area contributed by atoms with Gasteiger partial charge in [-0.05, 0) is 74.9 Å². The van der Waals surface area contributed by atoms with Crippen molar-refractivity contribution >= 4 is 46.5 Å². The molecule has 1 amide bonds. The largest absolute Gasteiger partial charge is 0.481 e. The number of carbonyl (C=O) groups is 2. The van der Waals surface area contributed by atoms with Gasteiger partial charge >= 0.3 is 5.97 Å². The number of rotatable bonds is 9. The van der Waals surface area contributed by atoms with E-state index in [1.807, 2.05) is 62.4 Å². The molecule has 0 bridgehead atoms. The molecule has 31 heavy (non-hydrogen) atoms. The van der Waals surface area contributed by atoms with E-state index >= 15 is 0 Å². The van der Waals surface area contributed by atoms with Gasteiger partial charge in [0, 0.05) is 36.0 Å². The van der Waals surface area contributed by atoms with Crippen molar-refractivity contribution < 1.29 is 14.7 Å². The van der Waals surface area contributed by atoms with E-state index in [0.717, 1.165) is 36.2 Å². The Morgan fingerprint density at radius 2 is 1.42 bits per heavy atom. The molecule has 172 valence electrons. The maximum Gasteiger partial charge on any atom is 0.303 e. The van der Waals surface area contributed by atoms with Crippen molar-refractivity contribution in [3.8, 4) is 0 Å². The molecule has 0 saturated heterocycles. The molecule has 0 atom stereocenters. The number of carboxylic acids is 1. The molecule has 2 aromatic carbocycles. The predicted octanol–water partition coefficient (Wildman–Crippen LogP) is 6.40. The third-order valence-electron chi connectivity index (χ3n) is 3.91. The van der Waals surface area contributed by atoms with Crippen molar-refractivity contribution in [3.05, 3.63) is 59.7 Å². The Labute approximate surface area is 195 Å². The van der Waals surface area contributed by atoms with Gasteiger partial charge in [0.2, 0.25) is 5.91 Å². The average molecular weight is 469 g/mol. The highest BCUT2D eigenvalue weighted by Gasteiger charge is 2.01. The number of halogens is 2. The molecule has 0 spiro atoms. The molecule has 0 heterocycles. The van der Waals surface area contributed by atoms with E-state index in [9.17, 15) is 9.59 Å². The van der Waals surface area contributed by atoms with Gasteiger partial charge in [-0.1, -0.05) is 24.3 Å². The number of hydrogen-bond acceptors (Lipinski definition) is 3. The summed E-state index contributed by atoms with van der Waals surface area (Å²) in [6, 6.07) is 15.6. The highest BCUT2D eigenvalue weighted by atomic mass is 35.5. The molecule has 5 nitrogen and oxygen atoms in total. The lowest BCUT2D eigenvalue weighted by Gasteiger charge is -2.05. The number of nitrogens with two attached hydrogens (primary N) is 1. The lowest BCUT2D eigenvalue weighted by Crippen LogP contribution is -2.11. The minimum atomic E-state index is -0.741. The fourth-order valence-electron chi connectivity index (χ4n) is 2.37. The third kappa shape index (κ3) is 18.3.